The molecule has 0 saturated heterocycles. The van der Waals surface area contributed by atoms with Gasteiger partial charge in [-0.15, -0.1) is 0 Å². The Morgan fingerprint density at radius 3 is 2.26 bits per heavy atom. The van der Waals surface area contributed by atoms with Gasteiger partial charge in [-0.2, -0.15) is 13.2 Å². The third-order valence-corrected chi connectivity index (χ3v) is 6.02. The van der Waals surface area contributed by atoms with Crippen LogP contribution in [0.5, 0.6) is 0 Å². The van der Waals surface area contributed by atoms with E-state index in [1.807, 2.05) is 37.3 Å². The number of aromatic nitrogens is 2. The number of fused-ring (bicyclic) bond motifs is 1. The first-order valence-electron chi connectivity index (χ1n) is 12.3. The van der Waals surface area contributed by atoms with Crippen LogP contribution in [0.4, 0.5) is 39.0 Å². The molecule has 0 atom stereocenters. The average Bonchev–Trinajstić information content (AvgIpc) is 3.24. The monoisotopic (exact) mass is 582 g/mol. The summed E-state index contributed by atoms with van der Waals surface area (Å²) < 4.78 is 59.8. The van der Waals surface area contributed by atoms with Crippen molar-refractivity contribution in [2.75, 3.05) is 10.6 Å². The normalized spacial score (nSPS) is 11.0. The van der Waals surface area contributed by atoms with Crippen molar-refractivity contribution in [1.82, 2.24) is 9.97 Å². The second-order valence-corrected chi connectivity index (χ2v) is 9.09. The van der Waals surface area contributed by atoms with E-state index in [0.717, 1.165) is 33.9 Å². The maximum atomic E-state index is 14.0. The fraction of sp³-hybridized carbons (Fsp3) is 0.100. The van der Waals surface area contributed by atoms with Gasteiger partial charge in [0.05, 0.1) is 18.3 Å². The summed E-state index contributed by atoms with van der Waals surface area (Å²) in [6, 6.07) is 20.0. The first-order chi connectivity index (χ1) is 19.9. The maximum absolute atomic E-state index is 14.0. The van der Waals surface area contributed by atoms with Gasteiger partial charge in [-0.25, -0.2) is 13.6 Å². The quantitative estimate of drug-likeness (QED) is 0.156. The molecule has 0 bridgehead atoms. The molecule has 216 valence electrons. The first kappa shape index (κ1) is 29.7. The number of halogens is 5. The molecule has 0 fully saturated rings. The Kier molecular flexibility index (Phi) is 8.84. The Balaban J connectivity index is 0.000000517. The van der Waals surface area contributed by atoms with Gasteiger partial charge in [-0.1, -0.05) is 18.2 Å². The molecule has 0 saturated carbocycles. The van der Waals surface area contributed by atoms with E-state index in [9.17, 15) is 26.7 Å². The number of amides is 1. The number of H-pyrrole nitrogens is 1. The molecule has 2 heterocycles. The number of alkyl halides is 3. The zero-order valence-electron chi connectivity index (χ0n) is 21.9. The molecule has 0 radical (unpaired) electrons. The van der Waals surface area contributed by atoms with Gasteiger partial charge in [0.25, 0.3) is 0 Å². The van der Waals surface area contributed by atoms with Crippen LogP contribution in [0.3, 0.4) is 0 Å². The van der Waals surface area contributed by atoms with Crippen molar-refractivity contribution in [1.29, 1.82) is 0 Å². The number of pyridine rings is 1. The van der Waals surface area contributed by atoms with Crippen molar-refractivity contribution in [2.45, 2.75) is 19.5 Å². The summed E-state index contributed by atoms with van der Waals surface area (Å²) >= 11 is 0. The number of aryl methyl sites for hydroxylation is 1. The number of nitrogens with zero attached hydrogens (tertiary/aromatic N) is 1. The van der Waals surface area contributed by atoms with Gasteiger partial charge in [-0.3, -0.25) is 9.78 Å². The van der Waals surface area contributed by atoms with Gasteiger partial charge >= 0.3 is 12.1 Å². The molecular weight excluding hydrogens is 559 g/mol. The van der Waals surface area contributed by atoms with E-state index >= 15 is 0 Å². The minimum absolute atomic E-state index is 0.190. The van der Waals surface area contributed by atoms with Crippen LogP contribution in [0.15, 0.2) is 85.2 Å². The zero-order valence-corrected chi connectivity index (χ0v) is 21.9. The van der Waals surface area contributed by atoms with Crippen LogP contribution in [-0.4, -0.2) is 33.1 Å². The van der Waals surface area contributed by atoms with Crippen molar-refractivity contribution in [3.8, 4) is 11.1 Å². The summed E-state index contributed by atoms with van der Waals surface area (Å²) in [6.07, 6.45) is -1.59. The third kappa shape index (κ3) is 7.47. The summed E-state index contributed by atoms with van der Waals surface area (Å²) in [5.41, 5.74) is 5.59. The van der Waals surface area contributed by atoms with Gasteiger partial charge in [0, 0.05) is 45.8 Å². The fourth-order valence-electron chi connectivity index (χ4n) is 4.20. The van der Waals surface area contributed by atoms with Gasteiger partial charge in [0.1, 0.15) is 11.6 Å². The molecule has 2 aromatic heterocycles. The number of carboxylic acid groups (broad SMARTS) is 1. The molecule has 42 heavy (non-hydrogen) atoms. The number of carboxylic acids is 1. The summed E-state index contributed by atoms with van der Waals surface area (Å²) in [5.74, 6) is -4.32. The van der Waals surface area contributed by atoms with Crippen molar-refractivity contribution in [3.63, 3.8) is 0 Å². The van der Waals surface area contributed by atoms with Crippen molar-refractivity contribution in [2.24, 2.45) is 0 Å². The standard InChI is InChI=1S/C28H22F2N4O.C2HF3O2/c1-17-24(23-6-2-3-7-26(23)32-17)15-28(35)34-21-8-9-27(33-22-5-4-10-31-16-22)25(14-21)18-11-19(29)13-20(30)12-18;3-2(4,5)1(6)7/h2-14,16,32-33H,15H2,1H3,(H,34,35);(H,6,7). The van der Waals surface area contributed by atoms with Crippen molar-refractivity contribution in [3.05, 3.63) is 108 Å². The first-order valence-corrected chi connectivity index (χ1v) is 12.3. The van der Waals surface area contributed by atoms with Gasteiger partial charge in [0.15, 0.2) is 0 Å². The van der Waals surface area contributed by atoms with Crippen LogP contribution in [0.1, 0.15) is 11.3 Å². The Hall–Kier alpha value is -5.26. The Labute approximate surface area is 236 Å². The van der Waals surface area contributed by atoms with Crippen LogP contribution in [0.2, 0.25) is 0 Å². The number of carbonyl (C=O) groups excluding carboxylic acids is 1. The Bertz CT molecular complexity index is 1720. The molecule has 0 aliphatic rings. The SMILES string of the molecule is Cc1[nH]c2ccccc2c1CC(=O)Nc1ccc(Nc2cccnc2)c(-c2cc(F)cc(F)c2)c1.O=C(O)C(F)(F)F. The van der Waals surface area contributed by atoms with E-state index in [-0.39, 0.29) is 12.3 Å². The summed E-state index contributed by atoms with van der Waals surface area (Å²) in [7, 11) is 0. The summed E-state index contributed by atoms with van der Waals surface area (Å²) in [4.78, 5) is 29.2. The number of carbonyl (C=O) groups is 2. The zero-order chi connectivity index (χ0) is 30.4. The molecule has 0 aliphatic carbocycles. The molecule has 5 aromatic rings. The lowest BCUT2D eigenvalue weighted by atomic mass is 10.0. The molecule has 1 amide bonds. The molecule has 4 N–H and O–H groups in total. The summed E-state index contributed by atoms with van der Waals surface area (Å²) in [6.45, 7) is 1.94. The number of para-hydroxylation sites is 1. The lowest BCUT2D eigenvalue weighted by Gasteiger charge is -2.15. The lowest BCUT2D eigenvalue weighted by Crippen LogP contribution is -2.21. The molecule has 5 rings (SSSR count). The van der Waals surface area contributed by atoms with E-state index in [4.69, 9.17) is 9.90 Å². The van der Waals surface area contributed by atoms with Crippen LogP contribution in [0, 0.1) is 18.6 Å². The van der Waals surface area contributed by atoms with Crippen molar-refractivity contribution < 1.29 is 36.6 Å². The maximum Gasteiger partial charge on any atom is 0.490 e. The average molecular weight is 583 g/mol. The molecule has 12 heteroatoms. The minimum atomic E-state index is -5.08. The fourth-order valence-corrected chi connectivity index (χ4v) is 4.20. The lowest BCUT2D eigenvalue weighted by molar-refractivity contribution is -0.192. The molecule has 7 nitrogen and oxygen atoms in total. The predicted molar refractivity (Wildman–Crippen MR) is 148 cm³/mol. The number of anilines is 3. The summed E-state index contributed by atoms with van der Waals surface area (Å²) in [5, 5.41) is 14.3. The number of benzene rings is 3. The highest BCUT2D eigenvalue weighted by molar-refractivity contribution is 5.97. The molecule has 0 unspecified atom stereocenters. The number of aromatic amines is 1. The second kappa shape index (κ2) is 12.5. The highest BCUT2D eigenvalue weighted by Gasteiger charge is 2.38. The predicted octanol–water partition coefficient (Wildman–Crippen LogP) is 7.37. The number of hydrogen-bond acceptors (Lipinski definition) is 4. The van der Waals surface area contributed by atoms with E-state index in [1.165, 1.54) is 12.1 Å². The second-order valence-electron chi connectivity index (χ2n) is 9.09. The number of nitrogens with one attached hydrogen (secondary N) is 3. The minimum Gasteiger partial charge on any atom is -0.475 e. The van der Waals surface area contributed by atoms with Crippen LogP contribution in [-0.2, 0) is 16.0 Å². The molecule has 3 aromatic carbocycles. The van der Waals surface area contributed by atoms with Gasteiger partial charge in [-0.05, 0) is 66.6 Å². The van der Waals surface area contributed by atoms with Gasteiger partial charge < -0.3 is 20.7 Å². The number of aliphatic carboxylic acids is 1. The van der Waals surface area contributed by atoms with E-state index in [2.05, 4.69) is 20.6 Å². The Morgan fingerprint density at radius 1 is 0.929 bits per heavy atom. The Morgan fingerprint density at radius 2 is 1.62 bits per heavy atom. The van der Waals surface area contributed by atoms with E-state index in [1.54, 1.807) is 36.7 Å². The number of rotatable bonds is 6. The van der Waals surface area contributed by atoms with Crippen LogP contribution >= 0.6 is 0 Å². The van der Waals surface area contributed by atoms with Crippen LogP contribution in [0.25, 0.3) is 22.0 Å². The van der Waals surface area contributed by atoms with E-state index in [0.29, 0.717) is 22.5 Å². The number of hydrogen-bond donors (Lipinski definition) is 4. The van der Waals surface area contributed by atoms with Crippen molar-refractivity contribution >= 4 is 39.8 Å². The third-order valence-electron chi connectivity index (χ3n) is 6.02. The smallest absolute Gasteiger partial charge is 0.475 e. The molecule has 0 aliphatic heterocycles. The molecular formula is C30H23F5N4O3. The highest BCUT2D eigenvalue weighted by atomic mass is 19.4. The van der Waals surface area contributed by atoms with Gasteiger partial charge in [0.2, 0.25) is 5.91 Å². The molecule has 0 spiro atoms. The van der Waals surface area contributed by atoms with E-state index < -0.39 is 23.8 Å². The topological polar surface area (TPSA) is 107 Å². The largest absolute Gasteiger partial charge is 0.490 e. The van der Waals surface area contributed by atoms with Crippen LogP contribution < -0.4 is 10.6 Å². The highest BCUT2D eigenvalue weighted by Crippen LogP contribution is 2.34.